The summed E-state index contributed by atoms with van der Waals surface area (Å²) in [6.45, 7) is 5.57. The van der Waals surface area contributed by atoms with E-state index in [9.17, 15) is 4.79 Å². The summed E-state index contributed by atoms with van der Waals surface area (Å²) in [4.78, 5) is 22.7. The molecule has 2 N–H and O–H groups in total. The number of anilines is 2. The molecule has 0 aliphatic carbocycles. The number of hydrogen-bond donors (Lipinski definition) is 2. The van der Waals surface area contributed by atoms with Crippen LogP contribution >= 0.6 is 0 Å². The number of aromatic nitrogens is 2. The first-order valence-corrected chi connectivity index (χ1v) is 7.55. The Morgan fingerprint density at radius 3 is 2.52 bits per heavy atom. The Morgan fingerprint density at radius 1 is 1.17 bits per heavy atom. The number of nitrogens with one attached hydrogen (secondary N) is 2. The van der Waals surface area contributed by atoms with E-state index in [1.54, 1.807) is 6.07 Å². The lowest BCUT2D eigenvalue weighted by molar-refractivity contribution is 0.102. The van der Waals surface area contributed by atoms with Crippen LogP contribution < -0.4 is 10.6 Å². The fraction of sp³-hybridized carbons (Fsp3) is 0.353. The van der Waals surface area contributed by atoms with Crippen molar-refractivity contribution in [3.05, 3.63) is 47.4 Å². The van der Waals surface area contributed by atoms with E-state index < -0.39 is 0 Å². The Bertz CT molecular complexity index is 664. The fourth-order valence-corrected chi connectivity index (χ4v) is 2.17. The highest BCUT2D eigenvalue weighted by Crippen LogP contribution is 2.20. The summed E-state index contributed by atoms with van der Waals surface area (Å²) in [5.41, 5.74) is 3.22. The molecule has 122 valence electrons. The highest BCUT2D eigenvalue weighted by molar-refractivity contribution is 6.04. The number of benzene rings is 1. The van der Waals surface area contributed by atoms with E-state index in [4.69, 9.17) is 0 Å². The van der Waals surface area contributed by atoms with E-state index in [0.29, 0.717) is 11.5 Å². The number of nitrogens with zero attached hydrogens (tertiary/aromatic N) is 3. The zero-order valence-corrected chi connectivity index (χ0v) is 14.1. The average molecular weight is 313 g/mol. The number of carbonyl (C=O) groups is 1. The lowest BCUT2D eigenvalue weighted by Crippen LogP contribution is -2.21. The third-order valence-corrected chi connectivity index (χ3v) is 3.48. The van der Waals surface area contributed by atoms with Crippen LogP contribution in [0.3, 0.4) is 0 Å². The topological polar surface area (TPSA) is 70.2 Å². The maximum absolute atomic E-state index is 12.4. The second-order valence-corrected chi connectivity index (χ2v) is 5.74. The molecule has 0 aliphatic rings. The zero-order chi connectivity index (χ0) is 16.8. The molecule has 1 heterocycles. The van der Waals surface area contributed by atoms with Crippen molar-refractivity contribution in [2.75, 3.05) is 37.8 Å². The first-order chi connectivity index (χ1) is 11.0. The highest BCUT2D eigenvalue weighted by atomic mass is 16.1. The molecule has 0 bridgehead atoms. The minimum absolute atomic E-state index is 0.236. The van der Waals surface area contributed by atoms with Crippen molar-refractivity contribution in [1.29, 1.82) is 0 Å². The molecular weight excluding hydrogens is 290 g/mol. The molecule has 6 heteroatoms. The predicted octanol–water partition coefficient (Wildman–Crippen LogP) is 2.32. The van der Waals surface area contributed by atoms with E-state index in [2.05, 4.69) is 25.5 Å². The second-order valence-electron chi connectivity index (χ2n) is 5.74. The van der Waals surface area contributed by atoms with Crippen molar-refractivity contribution in [1.82, 2.24) is 14.9 Å². The highest BCUT2D eigenvalue weighted by Gasteiger charge is 2.11. The van der Waals surface area contributed by atoms with Gasteiger partial charge in [-0.05, 0) is 39.1 Å². The van der Waals surface area contributed by atoms with Crippen molar-refractivity contribution >= 4 is 17.4 Å². The van der Waals surface area contributed by atoms with Crippen LogP contribution in [-0.4, -0.2) is 48.0 Å². The lowest BCUT2D eigenvalue weighted by Gasteiger charge is -2.12. The van der Waals surface area contributed by atoms with Gasteiger partial charge in [-0.1, -0.05) is 18.2 Å². The van der Waals surface area contributed by atoms with Gasteiger partial charge in [-0.2, -0.15) is 0 Å². The molecule has 6 nitrogen and oxygen atoms in total. The maximum atomic E-state index is 12.4. The van der Waals surface area contributed by atoms with Crippen molar-refractivity contribution in [3.63, 3.8) is 0 Å². The van der Waals surface area contributed by atoms with Gasteiger partial charge in [0, 0.05) is 24.8 Å². The Hall–Kier alpha value is -2.47. The number of carbonyl (C=O) groups excluding carboxylic acids is 1. The van der Waals surface area contributed by atoms with E-state index >= 15 is 0 Å². The summed E-state index contributed by atoms with van der Waals surface area (Å²) in [5, 5.41) is 6.12. The van der Waals surface area contributed by atoms with Crippen LogP contribution in [0.5, 0.6) is 0 Å². The molecular formula is C17H23N5O. The Balaban J connectivity index is 2.08. The molecule has 0 fully saturated rings. The Labute approximate surface area is 137 Å². The molecule has 23 heavy (non-hydrogen) atoms. The Kier molecular flexibility index (Phi) is 5.65. The normalized spacial score (nSPS) is 10.7. The minimum atomic E-state index is -0.236. The largest absolute Gasteiger partial charge is 0.369 e. The van der Waals surface area contributed by atoms with Crippen LogP contribution in [0.15, 0.2) is 30.6 Å². The van der Waals surface area contributed by atoms with Crippen LogP contribution in [-0.2, 0) is 0 Å². The first kappa shape index (κ1) is 16.9. The molecule has 2 rings (SSSR count). The molecule has 2 aromatic rings. The van der Waals surface area contributed by atoms with Gasteiger partial charge in [0.1, 0.15) is 17.8 Å². The summed E-state index contributed by atoms with van der Waals surface area (Å²) in [6.07, 6.45) is 1.40. The first-order valence-electron chi connectivity index (χ1n) is 7.55. The fourth-order valence-electron chi connectivity index (χ4n) is 2.17. The molecule has 0 saturated heterocycles. The molecule has 0 unspecified atom stereocenters. The summed E-state index contributed by atoms with van der Waals surface area (Å²) in [6, 6.07) is 7.57. The van der Waals surface area contributed by atoms with Crippen molar-refractivity contribution in [2.24, 2.45) is 0 Å². The number of hydrogen-bond acceptors (Lipinski definition) is 5. The number of rotatable bonds is 6. The van der Waals surface area contributed by atoms with Crippen LogP contribution in [0.1, 0.15) is 21.6 Å². The van der Waals surface area contributed by atoms with Gasteiger partial charge in [0.05, 0.1) is 0 Å². The smallest absolute Gasteiger partial charge is 0.274 e. The van der Waals surface area contributed by atoms with Crippen LogP contribution in [0.2, 0.25) is 0 Å². The Morgan fingerprint density at radius 2 is 1.87 bits per heavy atom. The molecule has 1 aromatic carbocycles. The summed E-state index contributed by atoms with van der Waals surface area (Å²) in [7, 11) is 4.01. The molecule has 0 radical (unpaired) electrons. The summed E-state index contributed by atoms with van der Waals surface area (Å²) >= 11 is 0. The number of likely N-dealkylation sites (N-methyl/N-ethyl adjacent to an activating group) is 1. The SMILES string of the molecule is Cc1cccc(C)c1NC(=O)c1cc(NCCN(C)C)ncn1. The second kappa shape index (κ2) is 7.69. The van der Waals surface area contributed by atoms with Crippen molar-refractivity contribution < 1.29 is 4.79 Å². The van der Waals surface area contributed by atoms with Gasteiger partial charge in [0.25, 0.3) is 5.91 Å². The third kappa shape index (κ3) is 4.75. The van der Waals surface area contributed by atoms with Gasteiger partial charge in [-0.3, -0.25) is 4.79 Å². The molecule has 0 saturated carbocycles. The quantitative estimate of drug-likeness (QED) is 0.856. The lowest BCUT2D eigenvalue weighted by atomic mass is 10.1. The number of amides is 1. The van der Waals surface area contributed by atoms with E-state index in [-0.39, 0.29) is 5.91 Å². The number of para-hydroxylation sites is 1. The van der Waals surface area contributed by atoms with Gasteiger partial charge in [-0.15, -0.1) is 0 Å². The van der Waals surface area contributed by atoms with E-state index in [1.165, 1.54) is 6.33 Å². The number of aryl methyl sites for hydroxylation is 2. The summed E-state index contributed by atoms with van der Waals surface area (Å²) in [5.74, 6) is 0.411. The summed E-state index contributed by atoms with van der Waals surface area (Å²) < 4.78 is 0. The predicted molar refractivity (Wildman–Crippen MR) is 92.9 cm³/mol. The van der Waals surface area contributed by atoms with Gasteiger partial charge >= 0.3 is 0 Å². The average Bonchev–Trinajstić information content (AvgIpc) is 2.51. The van der Waals surface area contributed by atoms with E-state index in [1.807, 2.05) is 46.1 Å². The zero-order valence-electron chi connectivity index (χ0n) is 14.1. The maximum Gasteiger partial charge on any atom is 0.274 e. The van der Waals surface area contributed by atoms with Crippen LogP contribution in [0.25, 0.3) is 0 Å². The van der Waals surface area contributed by atoms with Crippen molar-refractivity contribution in [2.45, 2.75) is 13.8 Å². The van der Waals surface area contributed by atoms with E-state index in [0.717, 1.165) is 29.9 Å². The monoisotopic (exact) mass is 313 g/mol. The molecule has 1 aromatic heterocycles. The van der Waals surface area contributed by atoms with Gasteiger partial charge < -0.3 is 15.5 Å². The third-order valence-electron chi connectivity index (χ3n) is 3.48. The van der Waals surface area contributed by atoms with Crippen LogP contribution in [0, 0.1) is 13.8 Å². The molecule has 0 aliphatic heterocycles. The van der Waals surface area contributed by atoms with Crippen LogP contribution in [0.4, 0.5) is 11.5 Å². The molecule has 1 amide bonds. The van der Waals surface area contributed by atoms with Crippen molar-refractivity contribution in [3.8, 4) is 0 Å². The van der Waals surface area contributed by atoms with Gasteiger partial charge in [0.15, 0.2) is 0 Å². The standard InChI is InChI=1S/C17H23N5O/c1-12-6-5-7-13(2)16(12)21-17(23)14-10-15(20-11-19-14)18-8-9-22(3)4/h5-7,10-11H,8-9H2,1-4H3,(H,21,23)(H,18,19,20). The molecule has 0 atom stereocenters. The minimum Gasteiger partial charge on any atom is -0.369 e. The molecule has 0 spiro atoms. The van der Waals surface area contributed by atoms with Gasteiger partial charge in [0.2, 0.25) is 0 Å². The van der Waals surface area contributed by atoms with Gasteiger partial charge in [-0.25, -0.2) is 9.97 Å².